The van der Waals surface area contributed by atoms with Crippen LogP contribution in [0, 0.1) is 0 Å². The molecule has 0 fully saturated rings. The molecular weight excluding hydrogens is 453 g/mol. The van der Waals surface area contributed by atoms with Gasteiger partial charge in [-0.05, 0) is 75.0 Å². The first kappa shape index (κ1) is 26.7. The summed E-state index contributed by atoms with van der Waals surface area (Å²) in [4.78, 5) is 2.01. The predicted octanol–water partition coefficient (Wildman–Crippen LogP) is 5.59. The van der Waals surface area contributed by atoms with Crippen LogP contribution in [0.2, 0.25) is 0 Å². The predicted molar refractivity (Wildman–Crippen MR) is 125 cm³/mol. The molecule has 0 saturated heterocycles. The number of hydrogen-bond acceptors (Lipinski definition) is 4. The van der Waals surface area contributed by atoms with Gasteiger partial charge in [-0.2, -0.15) is 13.2 Å². The zero-order chi connectivity index (χ0) is 24.5. The number of unbranched alkanes of at least 4 members (excludes halogenated alkanes) is 3. The van der Waals surface area contributed by atoms with Crippen LogP contribution in [0.15, 0.2) is 66.1 Å². The standard InChI is InChI=1S/C24H31F3N2O3S/c1-4-17-28(2)18-7-5-6-8-19-32-22-13-11-21(12-14-22)29(3)33(30,31)23-15-9-20(10-16-23)24(25,26)27/h4,9-16H,1,5-8,17-19H2,2-3H3. The van der Waals surface area contributed by atoms with Crippen LogP contribution in [0.3, 0.4) is 0 Å². The average Bonchev–Trinajstić information content (AvgIpc) is 2.78. The molecule has 2 aromatic carbocycles. The summed E-state index contributed by atoms with van der Waals surface area (Å²) in [5, 5.41) is 0. The van der Waals surface area contributed by atoms with Crippen LogP contribution in [0.5, 0.6) is 5.75 Å². The molecule has 5 nitrogen and oxygen atoms in total. The molecule has 0 saturated carbocycles. The normalized spacial score (nSPS) is 12.1. The number of nitrogens with zero attached hydrogens (tertiary/aromatic N) is 2. The maximum absolute atomic E-state index is 12.8. The SMILES string of the molecule is C=CCN(C)CCCCCCOc1ccc(N(C)S(=O)(=O)c2ccc(C(F)(F)F)cc2)cc1. The van der Waals surface area contributed by atoms with Gasteiger partial charge in [0.15, 0.2) is 0 Å². The molecule has 2 aromatic rings. The molecule has 0 bridgehead atoms. The van der Waals surface area contributed by atoms with Gasteiger partial charge in [0, 0.05) is 13.6 Å². The maximum Gasteiger partial charge on any atom is 0.416 e. The van der Waals surface area contributed by atoms with Gasteiger partial charge in [0.25, 0.3) is 10.0 Å². The Bertz CT molecular complexity index is 976. The third kappa shape index (κ3) is 8.08. The molecule has 0 aliphatic heterocycles. The summed E-state index contributed by atoms with van der Waals surface area (Å²) < 4.78 is 70.4. The smallest absolute Gasteiger partial charge is 0.416 e. The van der Waals surface area contributed by atoms with Crippen molar-refractivity contribution >= 4 is 15.7 Å². The summed E-state index contributed by atoms with van der Waals surface area (Å²) in [7, 11) is -0.564. The third-order valence-electron chi connectivity index (χ3n) is 5.18. The molecule has 0 aliphatic rings. The van der Waals surface area contributed by atoms with E-state index < -0.39 is 21.8 Å². The highest BCUT2D eigenvalue weighted by Crippen LogP contribution is 2.31. The van der Waals surface area contributed by atoms with Crippen LogP contribution in [0.25, 0.3) is 0 Å². The van der Waals surface area contributed by atoms with Crippen molar-refractivity contribution in [2.75, 3.05) is 38.1 Å². The average molecular weight is 485 g/mol. The van der Waals surface area contributed by atoms with E-state index in [-0.39, 0.29) is 4.90 Å². The first-order valence-electron chi connectivity index (χ1n) is 10.7. The summed E-state index contributed by atoms with van der Waals surface area (Å²) in [5.41, 5.74) is -0.517. The van der Waals surface area contributed by atoms with E-state index in [1.165, 1.54) is 7.05 Å². The molecule has 0 atom stereocenters. The van der Waals surface area contributed by atoms with Gasteiger partial charge < -0.3 is 9.64 Å². The fraction of sp³-hybridized carbons (Fsp3) is 0.417. The molecule has 0 radical (unpaired) electrons. The third-order valence-corrected chi connectivity index (χ3v) is 6.98. The quantitative estimate of drug-likeness (QED) is 0.275. The van der Waals surface area contributed by atoms with Gasteiger partial charge >= 0.3 is 6.18 Å². The van der Waals surface area contributed by atoms with Gasteiger partial charge in [0.05, 0.1) is 22.8 Å². The van der Waals surface area contributed by atoms with Gasteiger partial charge in [-0.25, -0.2) is 8.42 Å². The van der Waals surface area contributed by atoms with E-state index in [4.69, 9.17) is 4.74 Å². The Labute approximate surface area is 194 Å². The second-order valence-electron chi connectivity index (χ2n) is 7.80. The summed E-state index contributed by atoms with van der Waals surface area (Å²) >= 11 is 0. The number of hydrogen-bond donors (Lipinski definition) is 0. The van der Waals surface area contributed by atoms with Gasteiger partial charge in [-0.3, -0.25) is 4.31 Å². The molecule has 2 rings (SSSR count). The minimum Gasteiger partial charge on any atom is -0.494 e. The lowest BCUT2D eigenvalue weighted by atomic mass is 10.2. The van der Waals surface area contributed by atoms with Gasteiger partial charge in [0.2, 0.25) is 0 Å². The largest absolute Gasteiger partial charge is 0.494 e. The molecule has 0 spiro atoms. The van der Waals surface area contributed by atoms with E-state index in [1.54, 1.807) is 24.3 Å². The van der Waals surface area contributed by atoms with E-state index in [2.05, 4.69) is 18.5 Å². The minimum absolute atomic E-state index is 0.214. The lowest BCUT2D eigenvalue weighted by molar-refractivity contribution is -0.137. The van der Waals surface area contributed by atoms with E-state index in [0.717, 1.165) is 67.3 Å². The van der Waals surface area contributed by atoms with E-state index >= 15 is 0 Å². The van der Waals surface area contributed by atoms with Crippen molar-refractivity contribution in [1.29, 1.82) is 0 Å². The molecule has 0 unspecified atom stereocenters. The van der Waals surface area contributed by atoms with Crippen molar-refractivity contribution < 1.29 is 26.3 Å². The molecule has 9 heteroatoms. The van der Waals surface area contributed by atoms with Crippen molar-refractivity contribution in [1.82, 2.24) is 4.90 Å². The summed E-state index contributed by atoms with van der Waals surface area (Å²) in [6, 6.07) is 10.0. The number of sulfonamides is 1. The summed E-state index contributed by atoms with van der Waals surface area (Å²) in [6.07, 6.45) is 1.60. The molecule has 0 amide bonds. The van der Waals surface area contributed by atoms with E-state index in [0.29, 0.717) is 18.0 Å². The Kier molecular flexibility index (Phi) is 9.79. The number of anilines is 1. The van der Waals surface area contributed by atoms with E-state index in [1.807, 2.05) is 6.08 Å². The first-order valence-corrected chi connectivity index (χ1v) is 12.2. The number of likely N-dealkylation sites (N-methyl/N-ethyl adjacent to an activating group) is 1. The Morgan fingerprint density at radius 3 is 2.12 bits per heavy atom. The van der Waals surface area contributed by atoms with Crippen LogP contribution in [0.4, 0.5) is 18.9 Å². The van der Waals surface area contributed by atoms with Gasteiger partial charge in [-0.1, -0.05) is 18.9 Å². The Morgan fingerprint density at radius 2 is 1.55 bits per heavy atom. The summed E-state index contributed by atoms with van der Waals surface area (Å²) in [6.45, 7) is 6.22. The van der Waals surface area contributed by atoms with Gasteiger partial charge in [-0.15, -0.1) is 6.58 Å². The summed E-state index contributed by atoms with van der Waals surface area (Å²) in [5.74, 6) is 0.629. The van der Waals surface area contributed by atoms with Crippen molar-refractivity contribution in [2.24, 2.45) is 0 Å². The number of ether oxygens (including phenoxy) is 1. The van der Waals surface area contributed by atoms with Crippen molar-refractivity contribution in [3.8, 4) is 5.75 Å². The van der Waals surface area contributed by atoms with Crippen molar-refractivity contribution in [3.05, 3.63) is 66.7 Å². The molecule has 0 aliphatic carbocycles. The highest BCUT2D eigenvalue weighted by Gasteiger charge is 2.31. The lowest BCUT2D eigenvalue weighted by Crippen LogP contribution is -2.26. The topological polar surface area (TPSA) is 49.9 Å². The minimum atomic E-state index is -4.52. The van der Waals surface area contributed by atoms with Crippen LogP contribution in [-0.2, 0) is 16.2 Å². The second kappa shape index (κ2) is 12.1. The van der Waals surface area contributed by atoms with Crippen molar-refractivity contribution in [3.63, 3.8) is 0 Å². The molecule has 33 heavy (non-hydrogen) atoms. The maximum atomic E-state index is 12.8. The van der Waals surface area contributed by atoms with Crippen molar-refractivity contribution in [2.45, 2.75) is 36.8 Å². The number of halogens is 3. The monoisotopic (exact) mass is 484 g/mol. The van der Waals surface area contributed by atoms with Gasteiger partial charge in [0.1, 0.15) is 5.75 Å². The molecule has 0 aromatic heterocycles. The lowest BCUT2D eigenvalue weighted by Gasteiger charge is -2.20. The highest BCUT2D eigenvalue weighted by atomic mass is 32.2. The zero-order valence-electron chi connectivity index (χ0n) is 19.0. The Balaban J connectivity index is 1.84. The van der Waals surface area contributed by atoms with E-state index in [9.17, 15) is 21.6 Å². The Morgan fingerprint density at radius 1 is 0.939 bits per heavy atom. The second-order valence-corrected chi connectivity index (χ2v) is 9.77. The van der Waals surface area contributed by atoms with Crippen LogP contribution < -0.4 is 9.04 Å². The first-order chi connectivity index (χ1) is 15.6. The molecular formula is C24H31F3N2O3S. The molecule has 0 heterocycles. The van der Waals surface area contributed by atoms with Crippen LogP contribution in [-0.4, -0.2) is 47.1 Å². The highest BCUT2D eigenvalue weighted by molar-refractivity contribution is 7.92. The number of alkyl halides is 3. The fourth-order valence-electron chi connectivity index (χ4n) is 3.20. The van der Waals surface area contributed by atoms with Crippen LogP contribution in [0.1, 0.15) is 31.2 Å². The Hall–Kier alpha value is -2.52. The molecule has 182 valence electrons. The fourth-order valence-corrected chi connectivity index (χ4v) is 4.40. The van der Waals surface area contributed by atoms with Crippen LogP contribution >= 0.6 is 0 Å². The number of benzene rings is 2. The number of rotatable bonds is 13. The molecule has 0 N–H and O–H groups in total. The zero-order valence-corrected chi connectivity index (χ0v) is 19.8.